The number of rotatable bonds is 7. The Labute approximate surface area is 201 Å². The molecule has 34 heavy (non-hydrogen) atoms. The molecular formula is C26H34N6O2. The zero-order valence-corrected chi connectivity index (χ0v) is 20.3. The average Bonchev–Trinajstić information content (AvgIpc) is 3.27. The van der Waals surface area contributed by atoms with Crippen LogP contribution in [-0.4, -0.2) is 51.4 Å². The van der Waals surface area contributed by atoms with Crippen LogP contribution in [0.3, 0.4) is 0 Å². The molecule has 0 spiro atoms. The fourth-order valence-corrected chi connectivity index (χ4v) is 4.06. The van der Waals surface area contributed by atoms with Crippen molar-refractivity contribution in [2.45, 2.75) is 59.4 Å². The molecule has 2 aliphatic heterocycles. The van der Waals surface area contributed by atoms with Gasteiger partial charge in [0.05, 0.1) is 0 Å². The number of amidine groups is 2. The van der Waals surface area contributed by atoms with Gasteiger partial charge in [0.15, 0.2) is 0 Å². The number of amides is 2. The molecule has 0 radical (unpaired) electrons. The van der Waals surface area contributed by atoms with Crippen LogP contribution in [0.2, 0.25) is 0 Å². The summed E-state index contributed by atoms with van der Waals surface area (Å²) in [6.07, 6.45) is 12.6. The van der Waals surface area contributed by atoms with Gasteiger partial charge < -0.3 is 15.1 Å². The summed E-state index contributed by atoms with van der Waals surface area (Å²) in [6.45, 7) is 7.59. The lowest BCUT2D eigenvalue weighted by Gasteiger charge is -2.29. The van der Waals surface area contributed by atoms with E-state index in [1.165, 1.54) is 0 Å². The summed E-state index contributed by atoms with van der Waals surface area (Å²) in [6, 6.07) is 1.78. The predicted octanol–water partition coefficient (Wildman–Crippen LogP) is 3.95. The van der Waals surface area contributed by atoms with Crippen LogP contribution in [0, 0.1) is 10.8 Å². The number of allylic oxidation sites excluding steroid dienone is 4. The average molecular weight is 463 g/mol. The highest BCUT2D eigenvalue weighted by molar-refractivity contribution is 6.07. The molecule has 3 heterocycles. The van der Waals surface area contributed by atoms with Crippen LogP contribution in [0.25, 0.3) is 0 Å². The molecule has 1 aromatic rings. The third-order valence-electron chi connectivity index (χ3n) is 6.10. The van der Waals surface area contributed by atoms with E-state index in [0.29, 0.717) is 55.5 Å². The molecule has 2 aliphatic rings. The normalized spacial score (nSPS) is 16.7. The Morgan fingerprint density at radius 3 is 2.71 bits per heavy atom. The molecule has 8 heteroatoms. The van der Waals surface area contributed by atoms with Crippen molar-refractivity contribution in [2.75, 3.05) is 13.1 Å². The van der Waals surface area contributed by atoms with Crippen molar-refractivity contribution in [1.82, 2.24) is 20.1 Å². The van der Waals surface area contributed by atoms with Gasteiger partial charge in [-0.1, -0.05) is 25.2 Å². The second-order valence-electron chi connectivity index (χ2n) is 8.61. The highest BCUT2D eigenvalue weighted by atomic mass is 16.2. The minimum absolute atomic E-state index is 0.148. The zero-order valence-electron chi connectivity index (χ0n) is 20.3. The van der Waals surface area contributed by atoms with Crippen molar-refractivity contribution in [2.24, 2.45) is 0 Å². The molecule has 0 aliphatic carbocycles. The lowest BCUT2D eigenvalue weighted by atomic mass is 10.0. The minimum Gasteiger partial charge on any atom is -0.338 e. The maximum atomic E-state index is 12.8. The monoisotopic (exact) mass is 462 g/mol. The first kappa shape index (κ1) is 25.1. The number of carbonyl (C=O) groups excluding carboxylic acids is 2. The number of hydrogen-bond acceptors (Lipinski definition) is 5. The van der Waals surface area contributed by atoms with Crippen LogP contribution in [-0.2, 0) is 17.8 Å². The van der Waals surface area contributed by atoms with Crippen molar-refractivity contribution >= 4 is 23.5 Å². The highest BCUT2D eigenvalue weighted by Gasteiger charge is 2.22. The first-order valence-corrected chi connectivity index (χ1v) is 11.9. The Hall–Kier alpha value is -3.55. The molecular weight excluding hydrogens is 428 g/mol. The van der Waals surface area contributed by atoms with Gasteiger partial charge in [0, 0.05) is 44.4 Å². The SMILES string of the molecule is C/C=C(/C=C\C=C(/C)C(=N)N1CCCC1=N)NC(=O)c1cc2c(cn1)CCN(C(=O)CCC)C2. The molecule has 1 saturated heterocycles. The molecule has 180 valence electrons. The van der Waals surface area contributed by atoms with Crippen molar-refractivity contribution < 1.29 is 9.59 Å². The van der Waals surface area contributed by atoms with Gasteiger partial charge in [-0.3, -0.25) is 25.4 Å². The first-order valence-electron chi connectivity index (χ1n) is 11.9. The Kier molecular flexibility index (Phi) is 8.51. The van der Waals surface area contributed by atoms with Crippen LogP contribution in [0.15, 0.2) is 47.8 Å². The van der Waals surface area contributed by atoms with Crippen LogP contribution in [0.4, 0.5) is 0 Å². The van der Waals surface area contributed by atoms with Gasteiger partial charge in [-0.2, -0.15) is 0 Å². The molecule has 0 unspecified atom stereocenters. The van der Waals surface area contributed by atoms with E-state index >= 15 is 0 Å². The molecule has 1 aromatic heterocycles. The van der Waals surface area contributed by atoms with Crippen LogP contribution in [0.1, 0.15) is 68.1 Å². The van der Waals surface area contributed by atoms with Gasteiger partial charge in [0.25, 0.3) is 5.91 Å². The lowest BCUT2D eigenvalue weighted by Crippen LogP contribution is -2.36. The van der Waals surface area contributed by atoms with E-state index in [1.54, 1.807) is 35.4 Å². The summed E-state index contributed by atoms with van der Waals surface area (Å²) in [7, 11) is 0. The second kappa shape index (κ2) is 11.5. The van der Waals surface area contributed by atoms with Gasteiger partial charge in [-0.15, -0.1) is 0 Å². The molecule has 0 atom stereocenters. The van der Waals surface area contributed by atoms with Crippen LogP contribution in [0.5, 0.6) is 0 Å². The summed E-state index contributed by atoms with van der Waals surface area (Å²) < 4.78 is 0. The number of fused-ring (bicyclic) bond motifs is 1. The third kappa shape index (κ3) is 6.07. The quantitative estimate of drug-likeness (QED) is 0.323. The maximum absolute atomic E-state index is 12.8. The number of likely N-dealkylation sites (tertiary alicyclic amines) is 1. The fourth-order valence-electron chi connectivity index (χ4n) is 4.06. The summed E-state index contributed by atoms with van der Waals surface area (Å²) in [4.78, 5) is 33.0. The second-order valence-corrected chi connectivity index (χ2v) is 8.61. The Bertz CT molecular complexity index is 1070. The summed E-state index contributed by atoms with van der Waals surface area (Å²) in [5.74, 6) is 0.660. The largest absolute Gasteiger partial charge is 0.338 e. The van der Waals surface area contributed by atoms with Crippen LogP contribution < -0.4 is 5.32 Å². The van der Waals surface area contributed by atoms with E-state index in [0.717, 1.165) is 36.0 Å². The number of nitrogens with one attached hydrogen (secondary N) is 3. The molecule has 0 aromatic carbocycles. The van der Waals surface area contributed by atoms with Gasteiger partial charge in [0.1, 0.15) is 17.4 Å². The van der Waals surface area contributed by atoms with E-state index in [4.69, 9.17) is 10.8 Å². The van der Waals surface area contributed by atoms with E-state index < -0.39 is 0 Å². The van der Waals surface area contributed by atoms with E-state index in [2.05, 4.69) is 10.3 Å². The van der Waals surface area contributed by atoms with Crippen LogP contribution >= 0.6 is 0 Å². The van der Waals surface area contributed by atoms with Crippen molar-refractivity contribution in [1.29, 1.82) is 10.8 Å². The molecule has 2 amide bonds. The molecule has 3 N–H and O–H groups in total. The number of hydrogen-bond donors (Lipinski definition) is 3. The van der Waals surface area contributed by atoms with Crippen molar-refractivity contribution in [3.05, 3.63) is 64.7 Å². The lowest BCUT2D eigenvalue weighted by molar-refractivity contribution is -0.132. The predicted molar refractivity (Wildman–Crippen MR) is 134 cm³/mol. The molecule has 0 bridgehead atoms. The number of carbonyl (C=O) groups is 2. The van der Waals surface area contributed by atoms with E-state index in [1.807, 2.05) is 31.7 Å². The number of aromatic nitrogens is 1. The summed E-state index contributed by atoms with van der Waals surface area (Å²) in [5, 5.41) is 19.1. The van der Waals surface area contributed by atoms with Gasteiger partial charge in [-0.05, 0) is 62.0 Å². The number of pyridine rings is 1. The van der Waals surface area contributed by atoms with E-state index in [-0.39, 0.29) is 11.8 Å². The Balaban J connectivity index is 1.63. The first-order chi connectivity index (χ1) is 16.3. The number of nitrogens with zero attached hydrogens (tertiary/aromatic N) is 3. The molecule has 8 nitrogen and oxygen atoms in total. The molecule has 3 rings (SSSR count). The highest BCUT2D eigenvalue weighted by Crippen LogP contribution is 2.20. The topological polar surface area (TPSA) is 113 Å². The summed E-state index contributed by atoms with van der Waals surface area (Å²) in [5.41, 5.74) is 3.74. The van der Waals surface area contributed by atoms with E-state index in [9.17, 15) is 9.59 Å². The van der Waals surface area contributed by atoms with Crippen molar-refractivity contribution in [3.8, 4) is 0 Å². The third-order valence-corrected chi connectivity index (χ3v) is 6.10. The Morgan fingerprint density at radius 2 is 2.03 bits per heavy atom. The van der Waals surface area contributed by atoms with Gasteiger partial charge >= 0.3 is 0 Å². The standard InChI is InChI=1S/C26H34N6O2/c1-4-8-24(33)31-14-12-19-16-29-22(15-20(19)17-31)26(34)30-21(5-2)10-6-9-18(3)25(28)32-13-7-11-23(32)27/h5-6,9-10,15-16,27-28H,4,7-8,11-14,17H2,1-3H3,(H,30,34)/b10-6-,18-9+,21-5-,27-23?,28-25?. The van der Waals surface area contributed by atoms with Gasteiger partial charge in [0.2, 0.25) is 5.91 Å². The Morgan fingerprint density at radius 1 is 1.24 bits per heavy atom. The molecule has 1 fully saturated rings. The molecule has 0 saturated carbocycles. The van der Waals surface area contributed by atoms with Gasteiger partial charge in [-0.25, -0.2) is 0 Å². The zero-order chi connectivity index (χ0) is 24.7. The smallest absolute Gasteiger partial charge is 0.274 e. The summed E-state index contributed by atoms with van der Waals surface area (Å²) >= 11 is 0. The van der Waals surface area contributed by atoms with Crippen molar-refractivity contribution in [3.63, 3.8) is 0 Å². The maximum Gasteiger partial charge on any atom is 0.274 e. The fraction of sp³-hybridized carbons (Fsp3) is 0.423. The minimum atomic E-state index is -0.309.